The van der Waals surface area contributed by atoms with E-state index in [0.717, 1.165) is 13.0 Å². The summed E-state index contributed by atoms with van der Waals surface area (Å²) >= 11 is 0. The fraction of sp³-hybridized carbons (Fsp3) is 0.588. The molecule has 1 aliphatic rings. The van der Waals surface area contributed by atoms with Gasteiger partial charge >= 0.3 is 6.09 Å². The van der Waals surface area contributed by atoms with Crippen LogP contribution in [0.4, 0.5) is 4.79 Å². The van der Waals surface area contributed by atoms with Crippen molar-refractivity contribution in [2.24, 2.45) is 0 Å². The quantitative estimate of drug-likeness (QED) is 0.837. The van der Waals surface area contributed by atoms with Crippen LogP contribution in [0.15, 0.2) is 24.3 Å². The summed E-state index contributed by atoms with van der Waals surface area (Å²) in [6.07, 6.45) is 0.877. The number of ether oxygens (including phenoxy) is 1. The second-order valence-electron chi connectivity index (χ2n) is 5.89. The summed E-state index contributed by atoms with van der Waals surface area (Å²) in [6.45, 7) is 9.35. The first kappa shape index (κ1) is 15.8. The minimum absolute atomic E-state index is 0.164. The summed E-state index contributed by atoms with van der Waals surface area (Å²) in [5.74, 6) is 0.537. The number of nitrogens with zero attached hydrogens (tertiary/aromatic N) is 1. The molecule has 4 nitrogen and oxygen atoms in total. The lowest BCUT2D eigenvalue weighted by molar-refractivity contribution is 0.155. The SMILES string of the molecule is CCCNC(CN1CCOC1=O)c1ccc(C(C)C)cc1. The van der Waals surface area contributed by atoms with Gasteiger partial charge in [-0.15, -0.1) is 0 Å². The number of amides is 1. The van der Waals surface area contributed by atoms with E-state index in [1.807, 2.05) is 0 Å². The van der Waals surface area contributed by atoms with Gasteiger partial charge in [0.25, 0.3) is 0 Å². The molecular formula is C17H26N2O2. The Balaban J connectivity index is 2.08. The maximum absolute atomic E-state index is 11.6. The van der Waals surface area contributed by atoms with Crippen LogP contribution in [-0.2, 0) is 4.74 Å². The zero-order chi connectivity index (χ0) is 15.2. The van der Waals surface area contributed by atoms with Gasteiger partial charge in [0.2, 0.25) is 0 Å². The molecule has 0 aliphatic carbocycles. The third-order valence-corrected chi connectivity index (χ3v) is 3.89. The van der Waals surface area contributed by atoms with E-state index in [2.05, 4.69) is 50.4 Å². The van der Waals surface area contributed by atoms with Crippen molar-refractivity contribution in [1.29, 1.82) is 0 Å². The number of carbonyl (C=O) groups is 1. The highest BCUT2D eigenvalue weighted by Crippen LogP contribution is 2.20. The summed E-state index contributed by atoms with van der Waals surface area (Å²) in [5.41, 5.74) is 2.57. The van der Waals surface area contributed by atoms with Gasteiger partial charge in [-0.1, -0.05) is 45.0 Å². The lowest BCUT2D eigenvalue weighted by Gasteiger charge is -2.24. The number of hydrogen-bond acceptors (Lipinski definition) is 3. The Labute approximate surface area is 127 Å². The number of nitrogens with one attached hydrogen (secondary N) is 1. The predicted molar refractivity (Wildman–Crippen MR) is 84.5 cm³/mol. The molecule has 1 fully saturated rings. The molecule has 1 amide bonds. The summed E-state index contributed by atoms with van der Waals surface area (Å²) in [6, 6.07) is 8.87. The summed E-state index contributed by atoms with van der Waals surface area (Å²) in [4.78, 5) is 13.4. The van der Waals surface area contributed by atoms with Crippen LogP contribution in [-0.4, -0.2) is 37.2 Å². The number of cyclic esters (lactones) is 1. The molecule has 1 aliphatic heterocycles. The molecule has 1 aromatic carbocycles. The van der Waals surface area contributed by atoms with E-state index < -0.39 is 0 Å². The summed E-state index contributed by atoms with van der Waals surface area (Å²) in [7, 11) is 0. The summed E-state index contributed by atoms with van der Waals surface area (Å²) < 4.78 is 5.02. The topological polar surface area (TPSA) is 41.6 Å². The highest BCUT2D eigenvalue weighted by molar-refractivity contribution is 5.69. The van der Waals surface area contributed by atoms with Gasteiger partial charge in [0, 0.05) is 6.54 Å². The molecule has 1 N–H and O–H groups in total. The highest BCUT2D eigenvalue weighted by Gasteiger charge is 2.25. The van der Waals surface area contributed by atoms with Crippen molar-refractivity contribution in [3.05, 3.63) is 35.4 Å². The average Bonchev–Trinajstić information content (AvgIpc) is 2.88. The van der Waals surface area contributed by atoms with E-state index in [-0.39, 0.29) is 12.1 Å². The van der Waals surface area contributed by atoms with Crippen molar-refractivity contribution < 1.29 is 9.53 Å². The molecule has 1 unspecified atom stereocenters. The predicted octanol–water partition coefficient (Wildman–Crippen LogP) is 3.30. The van der Waals surface area contributed by atoms with Gasteiger partial charge in [-0.2, -0.15) is 0 Å². The van der Waals surface area contributed by atoms with Crippen molar-refractivity contribution in [2.75, 3.05) is 26.2 Å². The van der Waals surface area contributed by atoms with Gasteiger partial charge < -0.3 is 15.0 Å². The Hall–Kier alpha value is -1.55. The first-order valence-corrected chi connectivity index (χ1v) is 7.86. The van der Waals surface area contributed by atoms with Crippen LogP contribution in [0, 0.1) is 0 Å². The van der Waals surface area contributed by atoms with Crippen molar-refractivity contribution in [3.63, 3.8) is 0 Å². The smallest absolute Gasteiger partial charge is 0.410 e. The third-order valence-electron chi connectivity index (χ3n) is 3.89. The van der Waals surface area contributed by atoms with Gasteiger partial charge in [0.15, 0.2) is 0 Å². The van der Waals surface area contributed by atoms with Gasteiger partial charge in [0.05, 0.1) is 12.6 Å². The molecule has 0 spiro atoms. The molecule has 1 aromatic rings. The highest BCUT2D eigenvalue weighted by atomic mass is 16.6. The van der Waals surface area contributed by atoms with Crippen molar-refractivity contribution >= 4 is 6.09 Å². The standard InChI is InChI=1S/C17H26N2O2/c1-4-9-18-16(12-19-10-11-21-17(19)20)15-7-5-14(6-8-15)13(2)3/h5-8,13,16,18H,4,9-12H2,1-3H3. The Morgan fingerprint density at radius 2 is 1.90 bits per heavy atom. The largest absolute Gasteiger partial charge is 0.448 e. The van der Waals surface area contributed by atoms with Crippen LogP contribution in [0.3, 0.4) is 0 Å². The molecular weight excluding hydrogens is 264 g/mol. The molecule has 0 aromatic heterocycles. The fourth-order valence-electron chi connectivity index (χ4n) is 2.53. The van der Waals surface area contributed by atoms with Crippen molar-refractivity contribution in [1.82, 2.24) is 10.2 Å². The van der Waals surface area contributed by atoms with E-state index in [4.69, 9.17) is 4.74 Å². The van der Waals surface area contributed by atoms with Crippen LogP contribution in [0.2, 0.25) is 0 Å². The van der Waals surface area contributed by atoms with E-state index in [9.17, 15) is 4.79 Å². The zero-order valence-corrected chi connectivity index (χ0v) is 13.3. The average molecular weight is 290 g/mol. The molecule has 0 saturated carbocycles. The lowest BCUT2D eigenvalue weighted by Crippen LogP contribution is -2.36. The Kier molecular flexibility index (Phi) is 5.62. The number of carbonyl (C=O) groups excluding carboxylic acids is 1. The number of rotatable bonds is 7. The van der Waals surface area contributed by atoms with Crippen LogP contribution in [0.1, 0.15) is 50.3 Å². The molecule has 1 heterocycles. The monoisotopic (exact) mass is 290 g/mol. The Morgan fingerprint density at radius 1 is 1.24 bits per heavy atom. The Morgan fingerprint density at radius 3 is 2.43 bits per heavy atom. The van der Waals surface area contributed by atoms with E-state index >= 15 is 0 Å². The van der Waals surface area contributed by atoms with Gasteiger partial charge in [-0.3, -0.25) is 0 Å². The molecule has 0 bridgehead atoms. The van der Waals surface area contributed by atoms with Crippen LogP contribution < -0.4 is 5.32 Å². The molecule has 21 heavy (non-hydrogen) atoms. The normalized spacial score (nSPS) is 16.4. The zero-order valence-electron chi connectivity index (χ0n) is 13.3. The molecule has 0 radical (unpaired) electrons. The van der Waals surface area contributed by atoms with E-state index in [1.54, 1.807) is 4.90 Å². The number of hydrogen-bond donors (Lipinski definition) is 1. The molecule has 2 rings (SSSR count). The molecule has 1 atom stereocenters. The molecule has 1 saturated heterocycles. The maximum atomic E-state index is 11.6. The molecule has 4 heteroatoms. The first-order valence-electron chi connectivity index (χ1n) is 7.86. The van der Waals surface area contributed by atoms with E-state index in [0.29, 0.717) is 25.6 Å². The summed E-state index contributed by atoms with van der Waals surface area (Å²) in [5, 5.41) is 3.53. The second-order valence-corrected chi connectivity index (χ2v) is 5.89. The van der Waals surface area contributed by atoms with Gasteiger partial charge in [-0.25, -0.2) is 4.79 Å². The number of benzene rings is 1. The lowest BCUT2D eigenvalue weighted by atomic mass is 9.98. The van der Waals surface area contributed by atoms with Crippen molar-refractivity contribution in [2.45, 2.75) is 39.2 Å². The maximum Gasteiger partial charge on any atom is 0.410 e. The fourth-order valence-corrected chi connectivity index (χ4v) is 2.53. The minimum atomic E-state index is -0.197. The minimum Gasteiger partial charge on any atom is -0.448 e. The van der Waals surface area contributed by atoms with Crippen LogP contribution >= 0.6 is 0 Å². The van der Waals surface area contributed by atoms with Gasteiger partial charge in [-0.05, 0) is 30.0 Å². The van der Waals surface area contributed by atoms with Crippen molar-refractivity contribution in [3.8, 4) is 0 Å². The second kappa shape index (κ2) is 7.46. The third kappa shape index (κ3) is 4.21. The van der Waals surface area contributed by atoms with E-state index in [1.165, 1.54) is 11.1 Å². The first-order chi connectivity index (χ1) is 10.1. The Bertz CT molecular complexity index is 456. The van der Waals surface area contributed by atoms with Crippen LogP contribution in [0.5, 0.6) is 0 Å². The molecule has 116 valence electrons. The van der Waals surface area contributed by atoms with Crippen LogP contribution in [0.25, 0.3) is 0 Å². The van der Waals surface area contributed by atoms with Gasteiger partial charge in [0.1, 0.15) is 6.61 Å².